The molecule has 2 heterocycles. The summed E-state index contributed by atoms with van der Waals surface area (Å²) < 4.78 is 0. The van der Waals surface area contributed by atoms with Gasteiger partial charge in [-0.15, -0.1) is 0 Å². The summed E-state index contributed by atoms with van der Waals surface area (Å²) in [6.07, 6.45) is 7.26. The number of fused-ring (bicyclic) bond motifs is 1. The standard InChI is InChI=1S/C11H17N3/c1-2-3-5-14-6-4-11-10(8-14)7-12-9-13-11/h7,9H,2-6,8H2,1H3. The van der Waals surface area contributed by atoms with E-state index in [9.17, 15) is 0 Å². The van der Waals surface area contributed by atoms with E-state index in [0.29, 0.717) is 0 Å². The van der Waals surface area contributed by atoms with E-state index in [2.05, 4.69) is 21.8 Å². The molecule has 1 aromatic heterocycles. The number of unbranched alkanes of at least 4 members (excludes halogenated alkanes) is 1. The fourth-order valence-electron chi connectivity index (χ4n) is 1.90. The van der Waals surface area contributed by atoms with Gasteiger partial charge in [0.15, 0.2) is 0 Å². The van der Waals surface area contributed by atoms with Crippen LogP contribution in [0.3, 0.4) is 0 Å². The lowest BCUT2D eigenvalue weighted by atomic mass is 10.1. The zero-order valence-corrected chi connectivity index (χ0v) is 8.74. The van der Waals surface area contributed by atoms with Gasteiger partial charge in [0, 0.05) is 37.0 Å². The van der Waals surface area contributed by atoms with E-state index in [-0.39, 0.29) is 0 Å². The third kappa shape index (κ3) is 2.10. The molecule has 1 aliphatic rings. The second-order valence-electron chi connectivity index (χ2n) is 3.87. The van der Waals surface area contributed by atoms with Crippen LogP contribution in [0.25, 0.3) is 0 Å². The van der Waals surface area contributed by atoms with Crippen molar-refractivity contribution in [1.29, 1.82) is 0 Å². The van der Waals surface area contributed by atoms with Crippen molar-refractivity contribution in [1.82, 2.24) is 14.9 Å². The third-order valence-corrected chi connectivity index (χ3v) is 2.77. The van der Waals surface area contributed by atoms with Crippen molar-refractivity contribution in [2.24, 2.45) is 0 Å². The molecular formula is C11H17N3. The van der Waals surface area contributed by atoms with E-state index in [0.717, 1.165) is 19.5 Å². The first-order valence-corrected chi connectivity index (χ1v) is 5.40. The predicted octanol–water partition coefficient (Wildman–Crippen LogP) is 1.63. The molecule has 0 bridgehead atoms. The maximum Gasteiger partial charge on any atom is 0.115 e. The maximum absolute atomic E-state index is 4.30. The molecule has 0 radical (unpaired) electrons. The van der Waals surface area contributed by atoms with Crippen molar-refractivity contribution in [2.45, 2.75) is 32.7 Å². The molecule has 1 aromatic rings. The van der Waals surface area contributed by atoms with Crippen LogP contribution in [0.5, 0.6) is 0 Å². The molecule has 76 valence electrons. The summed E-state index contributed by atoms with van der Waals surface area (Å²) in [5.41, 5.74) is 2.56. The van der Waals surface area contributed by atoms with Gasteiger partial charge < -0.3 is 0 Å². The Labute approximate surface area is 85.2 Å². The Hall–Kier alpha value is -0.960. The Morgan fingerprint density at radius 3 is 3.29 bits per heavy atom. The number of hydrogen-bond donors (Lipinski definition) is 0. The van der Waals surface area contributed by atoms with Crippen molar-refractivity contribution < 1.29 is 0 Å². The molecule has 0 atom stereocenters. The van der Waals surface area contributed by atoms with Gasteiger partial charge in [0.2, 0.25) is 0 Å². The van der Waals surface area contributed by atoms with E-state index in [1.807, 2.05) is 6.20 Å². The molecule has 0 unspecified atom stereocenters. The van der Waals surface area contributed by atoms with Gasteiger partial charge in [0.05, 0.1) is 0 Å². The molecule has 0 saturated carbocycles. The molecule has 0 aliphatic carbocycles. The Kier molecular flexibility index (Phi) is 3.09. The van der Waals surface area contributed by atoms with Crippen LogP contribution in [0.2, 0.25) is 0 Å². The number of aromatic nitrogens is 2. The van der Waals surface area contributed by atoms with Gasteiger partial charge in [-0.3, -0.25) is 4.90 Å². The van der Waals surface area contributed by atoms with Crippen molar-refractivity contribution in [3.63, 3.8) is 0 Å². The van der Waals surface area contributed by atoms with Crippen molar-refractivity contribution in [3.8, 4) is 0 Å². The van der Waals surface area contributed by atoms with E-state index < -0.39 is 0 Å². The van der Waals surface area contributed by atoms with E-state index in [1.54, 1.807) is 6.33 Å². The molecule has 3 nitrogen and oxygen atoms in total. The lowest BCUT2D eigenvalue weighted by molar-refractivity contribution is 0.247. The molecule has 0 aromatic carbocycles. The molecule has 3 heteroatoms. The Morgan fingerprint density at radius 1 is 1.50 bits per heavy atom. The van der Waals surface area contributed by atoms with E-state index in [4.69, 9.17) is 0 Å². The first-order chi connectivity index (χ1) is 6.90. The first-order valence-electron chi connectivity index (χ1n) is 5.40. The van der Waals surface area contributed by atoms with Gasteiger partial charge in [0.1, 0.15) is 6.33 Å². The Balaban J connectivity index is 1.99. The predicted molar refractivity (Wildman–Crippen MR) is 55.9 cm³/mol. The lowest BCUT2D eigenvalue weighted by Crippen LogP contribution is -2.31. The van der Waals surface area contributed by atoms with Gasteiger partial charge in [-0.25, -0.2) is 9.97 Å². The molecule has 0 spiro atoms. The number of hydrogen-bond acceptors (Lipinski definition) is 3. The van der Waals surface area contributed by atoms with Crippen LogP contribution in [0.4, 0.5) is 0 Å². The molecule has 0 fully saturated rings. The minimum absolute atomic E-state index is 1.04. The molecule has 0 N–H and O–H groups in total. The van der Waals surface area contributed by atoms with Crippen LogP contribution >= 0.6 is 0 Å². The smallest absolute Gasteiger partial charge is 0.115 e. The van der Waals surface area contributed by atoms with Gasteiger partial charge >= 0.3 is 0 Å². The normalized spacial score (nSPS) is 16.6. The summed E-state index contributed by atoms with van der Waals surface area (Å²) >= 11 is 0. The molecule has 2 rings (SSSR count). The van der Waals surface area contributed by atoms with Crippen LogP contribution < -0.4 is 0 Å². The minimum atomic E-state index is 1.04. The first kappa shape index (κ1) is 9.59. The summed E-state index contributed by atoms with van der Waals surface area (Å²) in [6.45, 7) is 5.64. The highest BCUT2D eigenvalue weighted by Crippen LogP contribution is 2.15. The quantitative estimate of drug-likeness (QED) is 0.727. The van der Waals surface area contributed by atoms with Crippen molar-refractivity contribution >= 4 is 0 Å². The zero-order chi connectivity index (χ0) is 9.80. The SMILES string of the molecule is CCCCN1CCc2ncncc2C1. The minimum Gasteiger partial charge on any atom is -0.299 e. The molecular weight excluding hydrogens is 174 g/mol. The van der Waals surface area contributed by atoms with Crippen LogP contribution in [0.1, 0.15) is 31.0 Å². The zero-order valence-electron chi connectivity index (χ0n) is 8.74. The van der Waals surface area contributed by atoms with Gasteiger partial charge in [-0.1, -0.05) is 13.3 Å². The van der Waals surface area contributed by atoms with Crippen molar-refractivity contribution in [3.05, 3.63) is 23.8 Å². The van der Waals surface area contributed by atoms with Gasteiger partial charge in [-0.2, -0.15) is 0 Å². The number of nitrogens with zero attached hydrogens (tertiary/aromatic N) is 3. The fraction of sp³-hybridized carbons (Fsp3) is 0.636. The summed E-state index contributed by atoms with van der Waals surface area (Å²) in [4.78, 5) is 10.9. The van der Waals surface area contributed by atoms with Crippen LogP contribution in [-0.4, -0.2) is 28.0 Å². The Morgan fingerprint density at radius 2 is 2.43 bits per heavy atom. The van der Waals surface area contributed by atoms with Crippen LogP contribution in [-0.2, 0) is 13.0 Å². The monoisotopic (exact) mass is 191 g/mol. The summed E-state index contributed by atoms with van der Waals surface area (Å²) in [5, 5.41) is 0. The second kappa shape index (κ2) is 4.51. The third-order valence-electron chi connectivity index (χ3n) is 2.77. The molecule has 1 aliphatic heterocycles. The lowest BCUT2D eigenvalue weighted by Gasteiger charge is -2.27. The number of rotatable bonds is 3. The van der Waals surface area contributed by atoms with E-state index >= 15 is 0 Å². The molecule has 0 saturated heterocycles. The highest BCUT2D eigenvalue weighted by atomic mass is 15.1. The largest absolute Gasteiger partial charge is 0.299 e. The summed E-state index contributed by atoms with van der Waals surface area (Å²) in [7, 11) is 0. The van der Waals surface area contributed by atoms with Crippen molar-refractivity contribution in [2.75, 3.05) is 13.1 Å². The van der Waals surface area contributed by atoms with Gasteiger partial charge in [-0.05, 0) is 13.0 Å². The van der Waals surface area contributed by atoms with Gasteiger partial charge in [0.25, 0.3) is 0 Å². The molecule has 0 amide bonds. The highest BCUT2D eigenvalue weighted by Gasteiger charge is 2.15. The van der Waals surface area contributed by atoms with E-state index in [1.165, 1.54) is 30.6 Å². The maximum atomic E-state index is 4.30. The topological polar surface area (TPSA) is 29.0 Å². The summed E-state index contributed by atoms with van der Waals surface area (Å²) in [6, 6.07) is 0. The highest BCUT2D eigenvalue weighted by molar-refractivity contribution is 5.18. The second-order valence-corrected chi connectivity index (χ2v) is 3.87. The van der Waals surface area contributed by atoms with Crippen LogP contribution in [0, 0.1) is 0 Å². The average molecular weight is 191 g/mol. The fourth-order valence-corrected chi connectivity index (χ4v) is 1.90. The summed E-state index contributed by atoms with van der Waals surface area (Å²) in [5.74, 6) is 0. The average Bonchev–Trinajstić information content (AvgIpc) is 2.26. The van der Waals surface area contributed by atoms with Crippen LogP contribution in [0.15, 0.2) is 12.5 Å². The Bertz CT molecular complexity index is 298. The molecule has 14 heavy (non-hydrogen) atoms.